The molecule has 7 heteroatoms. The molecule has 2 amide bonds. The second-order valence-electron chi connectivity index (χ2n) is 9.51. The van der Waals surface area contributed by atoms with Crippen LogP contribution >= 0.6 is 12.2 Å². The van der Waals surface area contributed by atoms with E-state index in [1.807, 2.05) is 86.3 Å². The third kappa shape index (κ3) is 5.37. The van der Waals surface area contributed by atoms with E-state index in [0.29, 0.717) is 5.56 Å². The zero-order valence-corrected chi connectivity index (χ0v) is 20.6. The minimum atomic E-state index is -0.350. The summed E-state index contributed by atoms with van der Waals surface area (Å²) < 4.78 is 0. The molecule has 3 aromatic carbocycles. The number of thiocarbonyl (C=S) groups is 1. The molecule has 34 heavy (non-hydrogen) atoms. The molecule has 0 saturated carbocycles. The fourth-order valence-electron chi connectivity index (χ4n) is 4.15. The van der Waals surface area contributed by atoms with Gasteiger partial charge in [0.2, 0.25) is 5.91 Å². The van der Waals surface area contributed by atoms with Crippen LogP contribution in [0.3, 0.4) is 0 Å². The molecule has 1 heterocycles. The smallest absolute Gasteiger partial charge is 0.258 e. The highest BCUT2D eigenvalue weighted by Gasteiger charge is 2.29. The number of nitrogens with one attached hydrogen (secondary N) is 2. The van der Waals surface area contributed by atoms with Crippen LogP contribution in [0.15, 0.2) is 66.7 Å². The summed E-state index contributed by atoms with van der Waals surface area (Å²) in [5.41, 5.74) is 2.13. The van der Waals surface area contributed by atoms with Gasteiger partial charge in [-0.25, -0.2) is 0 Å². The fraction of sp³-hybridized carbons (Fsp3) is 0.296. The molecule has 0 bridgehead atoms. The maximum Gasteiger partial charge on any atom is 0.258 e. The first-order valence-corrected chi connectivity index (χ1v) is 11.9. The van der Waals surface area contributed by atoms with E-state index in [4.69, 9.17) is 12.2 Å². The molecule has 3 aromatic rings. The lowest BCUT2D eigenvalue weighted by Gasteiger charge is -2.38. The van der Waals surface area contributed by atoms with Crippen LogP contribution in [0, 0.1) is 5.41 Å². The normalized spacial score (nSPS) is 14.1. The van der Waals surface area contributed by atoms with Crippen LogP contribution in [0.2, 0.25) is 0 Å². The van der Waals surface area contributed by atoms with Crippen molar-refractivity contribution in [2.24, 2.45) is 5.41 Å². The third-order valence-electron chi connectivity index (χ3n) is 5.96. The van der Waals surface area contributed by atoms with E-state index >= 15 is 0 Å². The number of hydrogen-bond donors (Lipinski definition) is 2. The van der Waals surface area contributed by atoms with Gasteiger partial charge in [0.25, 0.3) is 5.91 Å². The van der Waals surface area contributed by atoms with E-state index in [2.05, 4.69) is 15.5 Å². The third-order valence-corrected chi connectivity index (χ3v) is 6.16. The molecule has 176 valence electrons. The quantitative estimate of drug-likeness (QED) is 0.541. The van der Waals surface area contributed by atoms with Gasteiger partial charge in [-0.2, -0.15) is 0 Å². The summed E-state index contributed by atoms with van der Waals surface area (Å²) >= 11 is 5.37. The number of amides is 2. The first-order chi connectivity index (χ1) is 16.2. The summed E-state index contributed by atoms with van der Waals surface area (Å²) in [6, 6.07) is 21.4. The van der Waals surface area contributed by atoms with Gasteiger partial charge >= 0.3 is 0 Å². The number of fused-ring (bicyclic) bond motifs is 1. The highest BCUT2D eigenvalue weighted by molar-refractivity contribution is 7.80. The van der Waals surface area contributed by atoms with Crippen molar-refractivity contribution in [3.05, 3.63) is 72.3 Å². The van der Waals surface area contributed by atoms with Crippen LogP contribution in [0.4, 0.5) is 11.4 Å². The summed E-state index contributed by atoms with van der Waals surface area (Å²) in [5, 5.41) is 8.01. The molecule has 6 nitrogen and oxygen atoms in total. The predicted octanol–water partition coefficient (Wildman–Crippen LogP) is 4.66. The molecule has 0 radical (unpaired) electrons. The highest BCUT2D eigenvalue weighted by atomic mass is 32.1. The Morgan fingerprint density at radius 1 is 0.853 bits per heavy atom. The van der Waals surface area contributed by atoms with Gasteiger partial charge in [0.05, 0.1) is 0 Å². The van der Waals surface area contributed by atoms with Crippen molar-refractivity contribution in [2.45, 2.75) is 20.8 Å². The van der Waals surface area contributed by atoms with Gasteiger partial charge in [0, 0.05) is 48.5 Å². The maximum absolute atomic E-state index is 12.8. The molecule has 0 unspecified atom stereocenters. The Labute approximate surface area is 205 Å². The molecule has 2 N–H and O–H groups in total. The first kappa shape index (κ1) is 23.7. The molecule has 1 fully saturated rings. The molecule has 0 aromatic heterocycles. The van der Waals surface area contributed by atoms with E-state index in [-0.39, 0.29) is 22.3 Å². The second kappa shape index (κ2) is 9.81. The van der Waals surface area contributed by atoms with E-state index in [1.165, 1.54) is 0 Å². The number of nitrogens with zero attached hydrogens (tertiary/aromatic N) is 2. The number of carbonyl (C=O) groups excluding carboxylic acids is 2. The largest absolute Gasteiger partial charge is 0.368 e. The minimum Gasteiger partial charge on any atom is -0.368 e. The molecule has 1 aliphatic rings. The first-order valence-electron chi connectivity index (χ1n) is 11.5. The maximum atomic E-state index is 12.8. The predicted molar refractivity (Wildman–Crippen MR) is 142 cm³/mol. The van der Waals surface area contributed by atoms with Crippen LogP contribution in [0.5, 0.6) is 0 Å². The molecular weight excluding hydrogens is 444 g/mol. The molecular formula is C27H30N4O2S. The SMILES string of the molecule is CC(C)(C)C(=O)N1CCN(c2ccc(NC(=S)NC(=O)c3cccc4ccccc34)cc2)CC1. The summed E-state index contributed by atoms with van der Waals surface area (Å²) in [6.45, 7) is 8.93. The number of hydrogen-bond acceptors (Lipinski definition) is 4. The molecule has 4 rings (SSSR count). The molecule has 1 saturated heterocycles. The summed E-state index contributed by atoms with van der Waals surface area (Å²) in [6.07, 6.45) is 0. The molecule has 1 aliphatic heterocycles. The Hall–Kier alpha value is -3.45. The molecule has 0 spiro atoms. The van der Waals surface area contributed by atoms with Crippen LogP contribution in [-0.2, 0) is 4.79 Å². The van der Waals surface area contributed by atoms with E-state index < -0.39 is 0 Å². The second-order valence-corrected chi connectivity index (χ2v) is 9.92. The van der Waals surface area contributed by atoms with Crippen molar-refractivity contribution in [2.75, 3.05) is 36.4 Å². The summed E-state index contributed by atoms with van der Waals surface area (Å²) in [7, 11) is 0. The van der Waals surface area contributed by atoms with Crippen molar-refractivity contribution in [1.82, 2.24) is 10.2 Å². The number of benzene rings is 3. The number of carbonyl (C=O) groups is 2. The fourth-order valence-corrected chi connectivity index (χ4v) is 4.36. The van der Waals surface area contributed by atoms with Gasteiger partial charge in [-0.15, -0.1) is 0 Å². The Morgan fingerprint density at radius 2 is 1.50 bits per heavy atom. The van der Waals surface area contributed by atoms with Gasteiger partial charge in [-0.05, 0) is 53.3 Å². The molecule has 0 atom stereocenters. The lowest BCUT2D eigenvalue weighted by molar-refractivity contribution is -0.139. The van der Waals surface area contributed by atoms with Crippen LogP contribution in [0.1, 0.15) is 31.1 Å². The highest BCUT2D eigenvalue weighted by Crippen LogP contribution is 2.23. The van der Waals surface area contributed by atoms with Crippen molar-refractivity contribution in [3.8, 4) is 0 Å². The van der Waals surface area contributed by atoms with Gasteiger partial charge in [0.1, 0.15) is 0 Å². The van der Waals surface area contributed by atoms with E-state index in [9.17, 15) is 9.59 Å². The lowest BCUT2D eigenvalue weighted by atomic mass is 9.94. The van der Waals surface area contributed by atoms with Gasteiger partial charge in [-0.1, -0.05) is 57.2 Å². The zero-order valence-electron chi connectivity index (χ0n) is 19.8. The Kier molecular flexibility index (Phi) is 6.84. The number of rotatable bonds is 3. The van der Waals surface area contributed by atoms with Crippen molar-refractivity contribution >= 4 is 51.3 Å². The zero-order chi connectivity index (χ0) is 24.3. The Morgan fingerprint density at radius 3 is 2.18 bits per heavy atom. The number of piperazine rings is 1. The Balaban J connectivity index is 1.33. The summed E-state index contributed by atoms with van der Waals surface area (Å²) in [4.78, 5) is 29.5. The van der Waals surface area contributed by atoms with Crippen LogP contribution in [0.25, 0.3) is 10.8 Å². The van der Waals surface area contributed by atoms with Crippen molar-refractivity contribution in [1.29, 1.82) is 0 Å². The number of anilines is 2. The van der Waals surface area contributed by atoms with Gasteiger partial charge in [0.15, 0.2) is 5.11 Å². The van der Waals surface area contributed by atoms with E-state index in [0.717, 1.165) is 48.3 Å². The Bertz CT molecular complexity index is 1200. The minimum absolute atomic E-state index is 0.200. The monoisotopic (exact) mass is 474 g/mol. The van der Waals surface area contributed by atoms with Gasteiger partial charge < -0.3 is 15.1 Å². The average molecular weight is 475 g/mol. The van der Waals surface area contributed by atoms with Crippen LogP contribution in [-0.4, -0.2) is 48.0 Å². The van der Waals surface area contributed by atoms with Crippen molar-refractivity contribution < 1.29 is 9.59 Å². The van der Waals surface area contributed by atoms with Crippen molar-refractivity contribution in [3.63, 3.8) is 0 Å². The average Bonchev–Trinajstić information content (AvgIpc) is 2.83. The van der Waals surface area contributed by atoms with Gasteiger partial charge in [-0.3, -0.25) is 14.9 Å². The van der Waals surface area contributed by atoms with E-state index in [1.54, 1.807) is 6.07 Å². The lowest BCUT2D eigenvalue weighted by Crippen LogP contribution is -2.51. The standard InChI is InChI=1S/C27H30N4O2S/c1-27(2,3)25(33)31-17-15-30(16-18-31)21-13-11-20(12-14-21)28-26(34)29-24(32)23-10-6-8-19-7-4-5-9-22(19)23/h4-14H,15-18H2,1-3H3,(H2,28,29,32,34). The topological polar surface area (TPSA) is 64.7 Å². The molecule has 0 aliphatic carbocycles. The summed E-state index contributed by atoms with van der Waals surface area (Å²) in [5.74, 6) is -0.0423. The van der Waals surface area contributed by atoms with Crippen LogP contribution < -0.4 is 15.5 Å².